The molecule has 0 bridgehead atoms. The van der Waals surface area contributed by atoms with Crippen LogP contribution in [0.1, 0.15) is 46.7 Å². The van der Waals surface area contributed by atoms with Crippen LogP contribution in [0.5, 0.6) is 0 Å². The Kier molecular flexibility index (Phi) is 5.68. The standard InChI is InChI=1S/C15H25FN3OP/c1-10(2)18-13(20)19-14(3,4)9-15(5,21)12-11(16)7-6-8-17-12/h6-8,10H,9,21H2,1-5H3,(H2,18,19,20). The summed E-state index contributed by atoms with van der Waals surface area (Å²) < 4.78 is 13.9. The highest BCUT2D eigenvalue weighted by atomic mass is 31.0. The predicted molar refractivity (Wildman–Crippen MR) is 86.8 cm³/mol. The predicted octanol–water partition coefficient (Wildman–Crippen LogP) is 3.19. The van der Waals surface area contributed by atoms with Crippen LogP contribution < -0.4 is 10.6 Å². The summed E-state index contributed by atoms with van der Waals surface area (Å²) in [4.78, 5) is 16.0. The van der Waals surface area contributed by atoms with Crippen LogP contribution >= 0.6 is 9.24 Å². The highest BCUT2D eigenvalue weighted by Gasteiger charge is 2.34. The Balaban J connectivity index is 2.82. The first-order chi connectivity index (χ1) is 9.53. The van der Waals surface area contributed by atoms with E-state index in [1.54, 1.807) is 12.3 Å². The number of hydrogen-bond donors (Lipinski definition) is 2. The van der Waals surface area contributed by atoms with Gasteiger partial charge in [-0.15, -0.1) is 9.24 Å². The van der Waals surface area contributed by atoms with Crippen LogP contribution in [0.4, 0.5) is 9.18 Å². The van der Waals surface area contributed by atoms with Gasteiger partial charge in [0.2, 0.25) is 0 Å². The van der Waals surface area contributed by atoms with Crippen molar-refractivity contribution < 1.29 is 9.18 Å². The average Bonchev–Trinajstić information content (AvgIpc) is 2.24. The van der Waals surface area contributed by atoms with E-state index in [0.29, 0.717) is 12.1 Å². The second-order valence-electron chi connectivity index (χ2n) is 6.57. The van der Waals surface area contributed by atoms with Crippen molar-refractivity contribution in [3.63, 3.8) is 0 Å². The van der Waals surface area contributed by atoms with Gasteiger partial charge in [-0.2, -0.15) is 0 Å². The van der Waals surface area contributed by atoms with E-state index in [9.17, 15) is 9.18 Å². The van der Waals surface area contributed by atoms with Crippen molar-refractivity contribution >= 4 is 15.3 Å². The van der Waals surface area contributed by atoms with E-state index in [2.05, 4.69) is 24.9 Å². The lowest BCUT2D eigenvalue weighted by atomic mass is 9.88. The molecule has 2 unspecified atom stereocenters. The molecule has 0 aliphatic rings. The van der Waals surface area contributed by atoms with Gasteiger partial charge in [-0.05, 0) is 46.2 Å². The van der Waals surface area contributed by atoms with E-state index in [0.717, 1.165) is 0 Å². The Morgan fingerprint density at radius 2 is 2.05 bits per heavy atom. The third-order valence-electron chi connectivity index (χ3n) is 2.98. The largest absolute Gasteiger partial charge is 0.336 e. The summed E-state index contributed by atoms with van der Waals surface area (Å²) in [5, 5.41) is 5.14. The fourth-order valence-corrected chi connectivity index (χ4v) is 3.18. The summed E-state index contributed by atoms with van der Waals surface area (Å²) in [5.74, 6) is -0.336. The topological polar surface area (TPSA) is 54.0 Å². The minimum absolute atomic E-state index is 0.0661. The Labute approximate surface area is 128 Å². The maximum atomic E-state index is 13.9. The molecule has 2 N–H and O–H groups in total. The second kappa shape index (κ2) is 6.69. The molecule has 2 amide bonds. The molecule has 0 saturated heterocycles. The van der Waals surface area contributed by atoms with Crippen LogP contribution in [0.3, 0.4) is 0 Å². The van der Waals surface area contributed by atoms with Crippen molar-refractivity contribution in [3.8, 4) is 0 Å². The lowest BCUT2D eigenvalue weighted by Gasteiger charge is -2.35. The summed E-state index contributed by atoms with van der Waals surface area (Å²) >= 11 is 0. The van der Waals surface area contributed by atoms with Crippen molar-refractivity contribution in [3.05, 3.63) is 29.8 Å². The molecule has 1 heterocycles. The number of amides is 2. The molecule has 0 aliphatic carbocycles. The van der Waals surface area contributed by atoms with Crippen molar-refractivity contribution in [2.45, 2.75) is 57.8 Å². The van der Waals surface area contributed by atoms with E-state index in [1.165, 1.54) is 6.07 Å². The first-order valence-corrected chi connectivity index (χ1v) is 7.60. The molecule has 2 atom stereocenters. The lowest BCUT2D eigenvalue weighted by molar-refractivity contribution is 0.222. The molecule has 0 radical (unpaired) electrons. The third-order valence-corrected chi connectivity index (χ3v) is 3.46. The van der Waals surface area contributed by atoms with Crippen molar-refractivity contribution in [1.82, 2.24) is 15.6 Å². The molecule has 0 fully saturated rings. The first-order valence-electron chi connectivity index (χ1n) is 7.02. The molecule has 4 nitrogen and oxygen atoms in total. The zero-order chi connectivity index (χ0) is 16.3. The van der Waals surface area contributed by atoms with Gasteiger partial charge >= 0.3 is 6.03 Å². The SMILES string of the molecule is CC(C)NC(=O)NC(C)(C)CC(C)(P)c1ncccc1F. The fraction of sp³-hybridized carbons (Fsp3) is 0.600. The summed E-state index contributed by atoms with van der Waals surface area (Å²) in [7, 11) is 2.65. The zero-order valence-electron chi connectivity index (χ0n) is 13.3. The Morgan fingerprint density at radius 1 is 1.43 bits per heavy atom. The van der Waals surface area contributed by atoms with E-state index in [-0.39, 0.29) is 17.9 Å². The molecular formula is C15H25FN3OP. The van der Waals surface area contributed by atoms with Gasteiger partial charge in [-0.3, -0.25) is 4.98 Å². The molecule has 1 aromatic heterocycles. The number of aromatic nitrogens is 1. The third kappa shape index (κ3) is 5.58. The van der Waals surface area contributed by atoms with E-state index < -0.39 is 10.7 Å². The Bertz CT molecular complexity index is 503. The minimum Gasteiger partial charge on any atom is -0.336 e. The molecule has 1 aromatic rings. The highest BCUT2D eigenvalue weighted by Crippen LogP contribution is 2.38. The fourth-order valence-electron chi connectivity index (χ4n) is 2.46. The smallest absolute Gasteiger partial charge is 0.315 e. The number of carbonyl (C=O) groups is 1. The Hall–Kier alpha value is -1.22. The molecule has 1 rings (SSSR count). The lowest BCUT2D eigenvalue weighted by Crippen LogP contribution is -2.51. The van der Waals surface area contributed by atoms with Crippen LogP contribution in [0.25, 0.3) is 0 Å². The van der Waals surface area contributed by atoms with Crippen molar-refractivity contribution in [2.24, 2.45) is 0 Å². The van der Waals surface area contributed by atoms with Crippen LogP contribution in [0.2, 0.25) is 0 Å². The van der Waals surface area contributed by atoms with E-state index >= 15 is 0 Å². The maximum absolute atomic E-state index is 13.9. The van der Waals surface area contributed by atoms with E-state index in [1.807, 2.05) is 34.6 Å². The summed E-state index contributed by atoms with van der Waals surface area (Å²) in [5.41, 5.74) is -0.117. The number of hydrogen-bond acceptors (Lipinski definition) is 2. The molecule has 118 valence electrons. The van der Waals surface area contributed by atoms with Gasteiger partial charge < -0.3 is 10.6 Å². The molecule has 6 heteroatoms. The van der Waals surface area contributed by atoms with Crippen molar-refractivity contribution in [1.29, 1.82) is 0 Å². The number of urea groups is 1. The quantitative estimate of drug-likeness (QED) is 0.820. The average molecular weight is 313 g/mol. The number of pyridine rings is 1. The van der Waals surface area contributed by atoms with Crippen LogP contribution in [-0.4, -0.2) is 22.6 Å². The van der Waals surface area contributed by atoms with Gasteiger partial charge in [-0.25, -0.2) is 9.18 Å². The number of nitrogens with zero attached hydrogens (tertiary/aromatic N) is 1. The molecular weight excluding hydrogens is 288 g/mol. The zero-order valence-corrected chi connectivity index (χ0v) is 14.5. The normalized spacial score (nSPS) is 14.7. The number of rotatable bonds is 5. The van der Waals surface area contributed by atoms with Crippen LogP contribution in [0.15, 0.2) is 18.3 Å². The van der Waals surface area contributed by atoms with Crippen LogP contribution in [0, 0.1) is 5.82 Å². The first kappa shape index (κ1) is 17.8. The monoisotopic (exact) mass is 313 g/mol. The van der Waals surface area contributed by atoms with Gasteiger partial charge in [-0.1, -0.05) is 6.92 Å². The maximum Gasteiger partial charge on any atom is 0.315 e. The van der Waals surface area contributed by atoms with Gasteiger partial charge in [0, 0.05) is 22.9 Å². The minimum atomic E-state index is -0.569. The van der Waals surface area contributed by atoms with Gasteiger partial charge in [0.05, 0.1) is 5.69 Å². The van der Waals surface area contributed by atoms with Crippen LogP contribution in [-0.2, 0) is 5.16 Å². The number of halogens is 1. The number of nitrogens with one attached hydrogen (secondary N) is 2. The summed E-state index contributed by atoms with van der Waals surface area (Å²) in [6.45, 7) is 9.52. The van der Waals surface area contributed by atoms with Gasteiger partial charge in [0.1, 0.15) is 5.82 Å². The summed E-state index contributed by atoms with van der Waals surface area (Å²) in [6.07, 6.45) is 2.11. The van der Waals surface area contributed by atoms with Gasteiger partial charge in [0.25, 0.3) is 0 Å². The van der Waals surface area contributed by atoms with Gasteiger partial charge in [0.15, 0.2) is 0 Å². The highest BCUT2D eigenvalue weighted by molar-refractivity contribution is 7.18. The second-order valence-corrected chi connectivity index (χ2v) is 7.84. The van der Waals surface area contributed by atoms with E-state index in [4.69, 9.17) is 0 Å². The Morgan fingerprint density at radius 3 is 2.57 bits per heavy atom. The van der Waals surface area contributed by atoms with Crippen molar-refractivity contribution in [2.75, 3.05) is 0 Å². The number of carbonyl (C=O) groups excluding carboxylic acids is 1. The molecule has 0 aromatic carbocycles. The molecule has 0 spiro atoms. The molecule has 0 aliphatic heterocycles. The summed E-state index contributed by atoms with van der Waals surface area (Å²) in [6, 6.07) is 2.81. The molecule has 0 saturated carbocycles. The molecule has 21 heavy (non-hydrogen) atoms.